The minimum atomic E-state index is 0.00546. The van der Waals surface area contributed by atoms with Crippen LogP contribution in [0, 0.1) is 13.8 Å². The maximum Gasteiger partial charge on any atom is 0.259 e. The molecular weight excluding hydrogens is 341 g/mol. The minimum Gasteiger partial charge on any atom is -0.365 e. The third kappa shape index (κ3) is 3.44. The van der Waals surface area contributed by atoms with E-state index in [-0.39, 0.29) is 11.6 Å². The van der Waals surface area contributed by atoms with E-state index in [1.807, 2.05) is 14.7 Å². The zero-order valence-corrected chi connectivity index (χ0v) is 17.7. The van der Waals surface area contributed by atoms with Gasteiger partial charge < -0.3 is 14.7 Å². The van der Waals surface area contributed by atoms with Gasteiger partial charge in [0.15, 0.2) is 0 Å². The Kier molecular flexibility index (Phi) is 4.42. The van der Waals surface area contributed by atoms with Crippen molar-refractivity contribution in [2.75, 3.05) is 39.3 Å². The van der Waals surface area contributed by atoms with Gasteiger partial charge in [0, 0.05) is 45.3 Å². The number of hydrogen-bond donors (Lipinski definition) is 0. The lowest BCUT2D eigenvalue weighted by atomic mass is 10.0. The largest absolute Gasteiger partial charge is 0.365 e. The zero-order valence-electron chi connectivity index (χ0n) is 15.7. The van der Waals surface area contributed by atoms with Crippen molar-refractivity contribution in [3.63, 3.8) is 0 Å². The van der Waals surface area contributed by atoms with Crippen molar-refractivity contribution in [1.82, 2.24) is 14.7 Å². The second kappa shape index (κ2) is 6.61. The fourth-order valence-electron chi connectivity index (χ4n) is 3.17. The normalized spacial score (nSPS) is 20.7. The van der Waals surface area contributed by atoms with E-state index in [1.165, 1.54) is 33.5 Å². The highest BCUT2D eigenvalue weighted by molar-refractivity contribution is 6.34. The van der Waals surface area contributed by atoms with Gasteiger partial charge in [-0.3, -0.25) is 9.59 Å². The van der Waals surface area contributed by atoms with E-state index >= 15 is 0 Å². The summed E-state index contributed by atoms with van der Waals surface area (Å²) in [5, 5.41) is 0. The van der Waals surface area contributed by atoms with Crippen molar-refractivity contribution in [2.45, 2.75) is 13.8 Å². The Morgan fingerprint density at radius 1 is 0.808 bits per heavy atom. The Morgan fingerprint density at radius 2 is 1.31 bits per heavy atom. The number of hydrogen-bond acceptors (Lipinski definition) is 5. The van der Waals surface area contributed by atoms with Crippen molar-refractivity contribution in [1.29, 1.82) is 0 Å². The first-order valence-corrected chi connectivity index (χ1v) is 10.3. The predicted molar refractivity (Wildman–Crippen MR) is 104 cm³/mol. The average molecular weight is 365 g/mol. The Morgan fingerprint density at radius 3 is 1.77 bits per heavy atom. The molecule has 26 heavy (non-hydrogen) atoms. The number of carbonyl (C=O) groups excluding carboxylic acids is 2. The Balaban J connectivity index is 0.000000160. The standard InChI is InChI=1S/C12H13N3O2.C8H9.Al.2H/c16-9-7-8(13-1-2-13)12(17)11(15-5-6-15)10(9)14-3-4-14;1-7-4-3-5-8(2)6-7;;;/h7H,1-6H2;3-5H,1-2H3;;;. The van der Waals surface area contributed by atoms with Gasteiger partial charge in [0.1, 0.15) is 11.4 Å². The molecule has 6 heteroatoms. The SMILES string of the molecule is Cc1cccc(C)[c]1[AlH2].O=C1C=C(N2CC2)C(=O)C(N2CC2)=C1N1CC1. The monoisotopic (exact) mass is 365 g/mol. The fraction of sp³-hybridized carbons (Fsp3) is 0.400. The predicted octanol–water partition coefficient (Wildman–Crippen LogP) is -0.258. The molecule has 0 spiro atoms. The highest BCUT2D eigenvalue weighted by atomic mass is 27.0. The van der Waals surface area contributed by atoms with Crippen LogP contribution in [-0.2, 0) is 9.59 Å². The number of nitrogens with zero attached hydrogens (tertiary/aromatic N) is 3. The lowest BCUT2D eigenvalue weighted by Gasteiger charge is -2.21. The molecule has 0 bridgehead atoms. The van der Waals surface area contributed by atoms with Gasteiger partial charge in [-0.15, -0.1) is 4.43 Å². The molecule has 3 aliphatic heterocycles. The van der Waals surface area contributed by atoms with Gasteiger partial charge >= 0.3 is 0 Å². The van der Waals surface area contributed by atoms with Crippen LogP contribution in [0.15, 0.2) is 41.4 Å². The summed E-state index contributed by atoms with van der Waals surface area (Å²) in [7, 11) is 0. The molecule has 3 saturated heterocycles. The maximum absolute atomic E-state index is 12.4. The summed E-state index contributed by atoms with van der Waals surface area (Å²) in [5.74, 6) is 0.0485. The fourth-order valence-corrected chi connectivity index (χ4v) is 3.51. The average Bonchev–Trinajstić information content (AvgIpc) is 3.48. The summed E-state index contributed by atoms with van der Waals surface area (Å²) in [4.78, 5) is 30.5. The van der Waals surface area contributed by atoms with Gasteiger partial charge in [-0.2, -0.15) is 0 Å². The first-order valence-electron chi connectivity index (χ1n) is 9.30. The van der Waals surface area contributed by atoms with Crippen molar-refractivity contribution in [3.8, 4) is 0 Å². The number of aryl methyl sites for hydroxylation is 2. The number of carbonyl (C=O) groups is 2. The topological polar surface area (TPSA) is 43.2 Å². The van der Waals surface area contributed by atoms with Crippen LogP contribution in [0.3, 0.4) is 0 Å². The zero-order chi connectivity index (χ0) is 18.4. The smallest absolute Gasteiger partial charge is 0.259 e. The van der Waals surface area contributed by atoms with Crippen molar-refractivity contribution >= 4 is 32.3 Å². The van der Waals surface area contributed by atoms with Crippen LogP contribution in [0.1, 0.15) is 11.1 Å². The summed E-state index contributed by atoms with van der Waals surface area (Å²) < 4.78 is 1.55. The Hall–Kier alpha value is -2.03. The molecule has 3 heterocycles. The van der Waals surface area contributed by atoms with Gasteiger partial charge in [-0.05, 0) is 13.8 Å². The molecule has 0 N–H and O–H groups in total. The summed E-state index contributed by atoms with van der Waals surface area (Å²) >= 11 is 1.18. The molecule has 0 atom stereocenters. The molecule has 1 aromatic rings. The molecular formula is C20H24AlN3O2. The van der Waals surface area contributed by atoms with E-state index in [2.05, 4.69) is 32.0 Å². The van der Waals surface area contributed by atoms with E-state index in [9.17, 15) is 9.59 Å². The molecule has 0 unspecified atom stereocenters. The van der Waals surface area contributed by atoms with Crippen LogP contribution < -0.4 is 4.43 Å². The van der Waals surface area contributed by atoms with Crippen molar-refractivity contribution in [2.24, 2.45) is 0 Å². The second-order valence-electron chi connectivity index (χ2n) is 7.40. The first-order chi connectivity index (χ1) is 12.5. The van der Waals surface area contributed by atoms with E-state index < -0.39 is 0 Å². The molecule has 1 aliphatic carbocycles. The summed E-state index contributed by atoms with van der Waals surface area (Å²) in [6.07, 6.45) is 1.52. The first kappa shape index (κ1) is 17.4. The van der Waals surface area contributed by atoms with E-state index in [4.69, 9.17) is 0 Å². The highest BCUT2D eigenvalue weighted by Gasteiger charge is 2.43. The molecule has 0 radical (unpaired) electrons. The van der Waals surface area contributed by atoms with Crippen LogP contribution >= 0.6 is 0 Å². The van der Waals surface area contributed by atoms with Gasteiger partial charge in [0.2, 0.25) is 11.6 Å². The van der Waals surface area contributed by atoms with Gasteiger partial charge in [-0.1, -0.05) is 29.3 Å². The van der Waals surface area contributed by atoms with E-state index in [0.717, 1.165) is 39.3 Å². The van der Waals surface area contributed by atoms with E-state index in [1.54, 1.807) is 4.43 Å². The minimum absolute atomic E-state index is 0.00546. The van der Waals surface area contributed by atoms with Crippen molar-refractivity contribution < 1.29 is 9.59 Å². The summed E-state index contributed by atoms with van der Waals surface area (Å²) in [5.41, 5.74) is 4.78. The third-order valence-electron chi connectivity index (χ3n) is 5.36. The number of ketones is 2. The second-order valence-corrected chi connectivity index (χ2v) is 8.40. The van der Waals surface area contributed by atoms with Crippen LogP contribution in [-0.4, -0.2) is 81.8 Å². The van der Waals surface area contributed by atoms with Crippen LogP contribution in [0.25, 0.3) is 0 Å². The van der Waals surface area contributed by atoms with E-state index in [0.29, 0.717) is 17.1 Å². The number of allylic oxidation sites excluding steroid dienone is 1. The molecule has 5 nitrogen and oxygen atoms in total. The third-order valence-corrected chi connectivity index (χ3v) is 6.94. The molecule has 0 amide bonds. The quantitative estimate of drug-likeness (QED) is 0.420. The molecule has 4 aliphatic rings. The molecule has 3 fully saturated rings. The molecule has 134 valence electrons. The Labute approximate surface area is 162 Å². The molecule has 5 rings (SSSR count). The highest BCUT2D eigenvalue weighted by Crippen LogP contribution is 2.33. The number of benzene rings is 1. The van der Waals surface area contributed by atoms with Gasteiger partial charge in [-0.25, -0.2) is 0 Å². The van der Waals surface area contributed by atoms with Crippen molar-refractivity contribution in [3.05, 3.63) is 52.5 Å². The lowest BCUT2D eigenvalue weighted by Crippen LogP contribution is -2.29. The number of rotatable bonds is 3. The summed E-state index contributed by atoms with van der Waals surface area (Å²) in [6.45, 7) is 9.76. The van der Waals surface area contributed by atoms with Crippen LogP contribution in [0.5, 0.6) is 0 Å². The molecule has 1 aromatic carbocycles. The van der Waals surface area contributed by atoms with Gasteiger partial charge in [0.05, 0.1) is 5.70 Å². The number of Topliss-reactive ketones (excluding diaryl/α,β-unsaturated/α-hetero) is 1. The Bertz CT molecular complexity index is 826. The summed E-state index contributed by atoms with van der Waals surface area (Å²) in [6, 6.07) is 6.47. The molecule has 0 saturated carbocycles. The van der Waals surface area contributed by atoms with Gasteiger partial charge in [0.25, 0.3) is 16.3 Å². The molecule has 0 aromatic heterocycles. The lowest BCUT2D eigenvalue weighted by molar-refractivity contribution is -0.117. The maximum atomic E-state index is 12.4. The van der Waals surface area contributed by atoms with Crippen LogP contribution in [0.2, 0.25) is 0 Å². The van der Waals surface area contributed by atoms with Crippen LogP contribution in [0.4, 0.5) is 0 Å².